The number of carbonyl (C=O) groups is 1. The molecule has 1 aromatic carbocycles. The highest BCUT2D eigenvalue weighted by molar-refractivity contribution is 7.80. The highest BCUT2D eigenvalue weighted by atomic mass is 32.1. The molecule has 8 nitrogen and oxygen atoms in total. The predicted octanol–water partition coefficient (Wildman–Crippen LogP) is 2.32. The molecule has 9 heteroatoms. The number of nitrogens with zero attached hydrogens (tertiary/aromatic N) is 3. The first-order chi connectivity index (χ1) is 12.7. The summed E-state index contributed by atoms with van der Waals surface area (Å²) >= 11 is 5.25. The molecular formula is C18H25N5O3S. The van der Waals surface area contributed by atoms with Gasteiger partial charge in [-0.05, 0) is 44.6 Å². The van der Waals surface area contributed by atoms with Gasteiger partial charge in [-0.25, -0.2) is 0 Å². The monoisotopic (exact) mass is 391 g/mol. The van der Waals surface area contributed by atoms with E-state index in [1.807, 2.05) is 13.8 Å². The first-order valence-corrected chi connectivity index (χ1v) is 9.15. The third-order valence-corrected chi connectivity index (χ3v) is 4.78. The van der Waals surface area contributed by atoms with E-state index in [1.165, 1.54) is 6.07 Å². The van der Waals surface area contributed by atoms with Crippen molar-refractivity contribution in [2.45, 2.75) is 26.8 Å². The SMILES string of the molecule is CCN(CC)C(=O)C1=C(C)NC(=S)N[C@H]1c1ccc(N(C)C)c([N+](=O)[O-])c1. The first-order valence-electron chi connectivity index (χ1n) is 8.74. The lowest BCUT2D eigenvalue weighted by Crippen LogP contribution is -2.47. The van der Waals surface area contributed by atoms with Gasteiger partial charge in [0, 0.05) is 38.9 Å². The summed E-state index contributed by atoms with van der Waals surface area (Å²) in [7, 11) is 3.50. The molecule has 0 bridgehead atoms. The van der Waals surface area contributed by atoms with Crippen molar-refractivity contribution in [1.82, 2.24) is 15.5 Å². The van der Waals surface area contributed by atoms with Gasteiger partial charge in [0.05, 0.1) is 16.5 Å². The van der Waals surface area contributed by atoms with Crippen LogP contribution in [0, 0.1) is 10.1 Å². The van der Waals surface area contributed by atoms with Crippen molar-refractivity contribution < 1.29 is 9.72 Å². The van der Waals surface area contributed by atoms with E-state index >= 15 is 0 Å². The van der Waals surface area contributed by atoms with Crippen molar-refractivity contribution in [1.29, 1.82) is 0 Å². The number of allylic oxidation sites excluding steroid dienone is 1. The summed E-state index contributed by atoms with van der Waals surface area (Å²) in [6.07, 6.45) is 0. The van der Waals surface area contributed by atoms with Crippen LogP contribution in [0.1, 0.15) is 32.4 Å². The molecule has 1 aliphatic rings. The number of hydrogen-bond acceptors (Lipinski definition) is 5. The zero-order valence-electron chi connectivity index (χ0n) is 16.2. The van der Waals surface area contributed by atoms with Gasteiger partial charge in [-0.15, -0.1) is 0 Å². The molecule has 0 saturated heterocycles. The molecule has 0 aliphatic carbocycles. The summed E-state index contributed by atoms with van der Waals surface area (Å²) in [5.74, 6) is -0.121. The molecule has 2 N–H and O–H groups in total. The van der Waals surface area contributed by atoms with Crippen LogP contribution in [0.4, 0.5) is 11.4 Å². The van der Waals surface area contributed by atoms with Gasteiger partial charge in [-0.1, -0.05) is 6.07 Å². The molecule has 27 heavy (non-hydrogen) atoms. The fourth-order valence-corrected chi connectivity index (χ4v) is 3.42. The number of nitro benzene ring substituents is 1. The zero-order valence-corrected chi connectivity index (χ0v) is 17.0. The van der Waals surface area contributed by atoms with Crippen LogP contribution in [-0.4, -0.2) is 48.0 Å². The van der Waals surface area contributed by atoms with Gasteiger partial charge in [0.1, 0.15) is 5.69 Å². The smallest absolute Gasteiger partial charge is 0.292 e. The second-order valence-electron chi connectivity index (χ2n) is 6.45. The van der Waals surface area contributed by atoms with Crippen LogP contribution in [0.15, 0.2) is 29.5 Å². The van der Waals surface area contributed by atoms with E-state index in [2.05, 4.69) is 10.6 Å². The van der Waals surface area contributed by atoms with Crippen molar-refractivity contribution in [2.24, 2.45) is 0 Å². The normalized spacial score (nSPS) is 16.5. The van der Waals surface area contributed by atoms with Crippen molar-refractivity contribution >= 4 is 34.6 Å². The fourth-order valence-electron chi connectivity index (χ4n) is 3.15. The highest BCUT2D eigenvalue weighted by Crippen LogP contribution is 2.34. The Morgan fingerprint density at radius 2 is 1.93 bits per heavy atom. The third kappa shape index (κ3) is 4.19. The Labute approximate surface area is 164 Å². The van der Waals surface area contributed by atoms with Gasteiger partial charge in [-0.3, -0.25) is 14.9 Å². The van der Waals surface area contributed by atoms with Crippen LogP contribution >= 0.6 is 12.2 Å². The Kier molecular flexibility index (Phi) is 6.37. The van der Waals surface area contributed by atoms with E-state index in [4.69, 9.17) is 12.2 Å². The van der Waals surface area contributed by atoms with Gasteiger partial charge in [0.25, 0.3) is 11.6 Å². The third-order valence-electron chi connectivity index (χ3n) is 4.56. The summed E-state index contributed by atoms with van der Waals surface area (Å²) in [4.78, 5) is 27.6. The lowest BCUT2D eigenvalue weighted by molar-refractivity contribution is -0.384. The van der Waals surface area contributed by atoms with Crippen molar-refractivity contribution in [2.75, 3.05) is 32.1 Å². The van der Waals surface area contributed by atoms with Crippen molar-refractivity contribution in [3.63, 3.8) is 0 Å². The molecule has 0 aromatic heterocycles. The average Bonchev–Trinajstić information content (AvgIpc) is 2.61. The number of nitrogens with one attached hydrogen (secondary N) is 2. The largest absolute Gasteiger partial charge is 0.372 e. The highest BCUT2D eigenvalue weighted by Gasteiger charge is 2.33. The van der Waals surface area contributed by atoms with E-state index in [1.54, 1.807) is 43.0 Å². The van der Waals surface area contributed by atoms with Crippen molar-refractivity contribution in [3.8, 4) is 0 Å². The quantitative estimate of drug-likeness (QED) is 0.437. The summed E-state index contributed by atoms with van der Waals surface area (Å²) in [5.41, 5.74) is 2.26. The molecule has 1 amide bonds. The lowest BCUT2D eigenvalue weighted by atomic mass is 9.93. The molecule has 1 aromatic rings. The van der Waals surface area contributed by atoms with E-state index in [0.717, 1.165) is 0 Å². The number of thiocarbonyl (C=S) groups is 1. The van der Waals surface area contributed by atoms with Gasteiger partial charge < -0.3 is 20.4 Å². The average molecular weight is 391 g/mol. The lowest BCUT2D eigenvalue weighted by Gasteiger charge is -2.33. The topological polar surface area (TPSA) is 90.8 Å². The molecule has 0 unspecified atom stereocenters. The van der Waals surface area contributed by atoms with Gasteiger partial charge in [0.2, 0.25) is 0 Å². The molecule has 1 heterocycles. The number of likely N-dealkylation sites (N-methyl/N-ethyl adjacent to an activating group) is 1. The van der Waals surface area contributed by atoms with Crippen LogP contribution in [0.2, 0.25) is 0 Å². The second-order valence-corrected chi connectivity index (χ2v) is 6.86. The molecule has 0 saturated carbocycles. The molecule has 2 rings (SSSR count). The van der Waals surface area contributed by atoms with Crippen LogP contribution in [0.5, 0.6) is 0 Å². The number of anilines is 1. The first kappa shape index (κ1) is 20.6. The van der Waals surface area contributed by atoms with Crippen LogP contribution in [0.3, 0.4) is 0 Å². The number of benzene rings is 1. The maximum atomic E-state index is 13.1. The van der Waals surface area contributed by atoms with Crippen molar-refractivity contribution in [3.05, 3.63) is 45.1 Å². The van der Waals surface area contributed by atoms with E-state index in [0.29, 0.717) is 40.7 Å². The number of hydrogen-bond donors (Lipinski definition) is 2. The van der Waals surface area contributed by atoms with Crippen LogP contribution in [0.25, 0.3) is 0 Å². The Hall–Kier alpha value is -2.68. The van der Waals surface area contributed by atoms with E-state index in [-0.39, 0.29) is 11.6 Å². The number of amides is 1. The Morgan fingerprint density at radius 3 is 2.44 bits per heavy atom. The Bertz CT molecular complexity index is 802. The standard InChI is InChI=1S/C18H25N5O3S/c1-6-22(7-2)17(24)15-11(3)19-18(27)20-16(15)12-8-9-13(21(4)5)14(10-12)23(25)26/h8-10,16H,6-7H2,1-5H3,(H2,19,20,27)/t16-/m0/s1. The van der Waals surface area contributed by atoms with Crippen LogP contribution in [-0.2, 0) is 4.79 Å². The summed E-state index contributed by atoms with van der Waals surface area (Å²) in [5, 5.41) is 18.0. The Morgan fingerprint density at radius 1 is 1.30 bits per heavy atom. The number of rotatable bonds is 6. The summed E-state index contributed by atoms with van der Waals surface area (Å²) < 4.78 is 0. The maximum absolute atomic E-state index is 13.1. The molecule has 1 aliphatic heterocycles. The van der Waals surface area contributed by atoms with E-state index < -0.39 is 11.0 Å². The molecule has 1 atom stereocenters. The van der Waals surface area contributed by atoms with E-state index in [9.17, 15) is 14.9 Å². The fraction of sp³-hybridized carbons (Fsp3) is 0.444. The van der Waals surface area contributed by atoms with Gasteiger partial charge in [0.15, 0.2) is 5.11 Å². The minimum Gasteiger partial charge on any atom is -0.372 e. The zero-order chi connectivity index (χ0) is 20.3. The van der Waals surface area contributed by atoms with Gasteiger partial charge in [-0.2, -0.15) is 0 Å². The molecule has 0 spiro atoms. The minimum atomic E-state index is -0.554. The number of carbonyl (C=O) groups excluding carboxylic acids is 1. The van der Waals surface area contributed by atoms with Crippen LogP contribution < -0.4 is 15.5 Å². The predicted molar refractivity (Wildman–Crippen MR) is 110 cm³/mol. The second kappa shape index (κ2) is 8.34. The molecular weight excluding hydrogens is 366 g/mol. The van der Waals surface area contributed by atoms with Gasteiger partial charge >= 0.3 is 0 Å². The number of nitro groups is 1. The summed E-state index contributed by atoms with van der Waals surface area (Å²) in [6.45, 7) is 6.76. The maximum Gasteiger partial charge on any atom is 0.292 e. The summed E-state index contributed by atoms with van der Waals surface area (Å²) in [6, 6.07) is 4.43. The molecule has 0 radical (unpaired) electrons. The minimum absolute atomic E-state index is 0.0176. The molecule has 0 fully saturated rings. The Balaban J connectivity index is 2.58. The molecule has 146 valence electrons.